The van der Waals surface area contributed by atoms with E-state index < -0.39 is 6.04 Å². The Kier molecular flexibility index (Phi) is 5.88. The van der Waals surface area contributed by atoms with E-state index in [0.717, 1.165) is 23.1 Å². The number of nitrogens with one attached hydrogen (secondary N) is 1. The zero-order chi connectivity index (χ0) is 20.2. The number of amides is 2. The smallest absolute Gasteiger partial charge is 0.255 e. The fourth-order valence-electron chi connectivity index (χ4n) is 4.63. The lowest BCUT2D eigenvalue weighted by Crippen LogP contribution is -2.44. The van der Waals surface area contributed by atoms with Crippen molar-refractivity contribution >= 4 is 17.6 Å². The molecular formula is C23H28N4O2. The second kappa shape index (κ2) is 8.72. The van der Waals surface area contributed by atoms with Gasteiger partial charge in [0, 0.05) is 24.5 Å². The van der Waals surface area contributed by atoms with Crippen molar-refractivity contribution in [3.05, 3.63) is 53.5 Å². The summed E-state index contributed by atoms with van der Waals surface area (Å²) in [5.74, 6) is 0.838. The van der Waals surface area contributed by atoms with Crippen LogP contribution in [0.1, 0.15) is 66.4 Å². The predicted molar refractivity (Wildman–Crippen MR) is 111 cm³/mol. The Morgan fingerprint density at radius 1 is 1.24 bits per heavy atom. The van der Waals surface area contributed by atoms with E-state index in [4.69, 9.17) is 0 Å². The van der Waals surface area contributed by atoms with E-state index >= 15 is 0 Å². The first-order valence-corrected chi connectivity index (χ1v) is 10.6. The Morgan fingerprint density at radius 3 is 2.79 bits per heavy atom. The molecule has 6 heteroatoms. The summed E-state index contributed by atoms with van der Waals surface area (Å²) in [6, 6.07) is 5.29. The molecule has 1 saturated carbocycles. The molecule has 0 saturated heterocycles. The minimum absolute atomic E-state index is 0.0494. The number of aryl methyl sites for hydroxylation is 1. The highest BCUT2D eigenvalue weighted by Crippen LogP contribution is 2.32. The molecule has 1 aromatic carbocycles. The van der Waals surface area contributed by atoms with E-state index in [0.29, 0.717) is 24.7 Å². The maximum absolute atomic E-state index is 13.2. The van der Waals surface area contributed by atoms with E-state index in [-0.39, 0.29) is 11.8 Å². The number of benzene rings is 1. The minimum Gasteiger partial charge on any atom is -0.322 e. The van der Waals surface area contributed by atoms with Crippen molar-refractivity contribution in [1.29, 1.82) is 0 Å². The molecule has 1 N–H and O–H groups in total. The van der Waals surface area contributed by atoms with Crippen molar-refractivity contribution in [3.8, 4) is 0 Å². The summed E-state index contributed by atoms with van der Waals surface area (Å²) in [7, 11) is 0. The molecule has 2 amide bonds. The fraction of sp³-hybridized carbons (Fsp3) is 0.478. The number of hydrogen-bond acceptors (Lipinski definition) is 4. The first kappa shape index (κ1) is 19.6. The van der Waals surface area contributed by atoms with Crippen molar-refractivity contribution in [2.24, 2.45) is 5.92 Å². The lowest BCUT2D eigenvalue weighted by Gasteiger charge is -2.29. The van der Waals surface area contributed by atoms with Crippen LogP contribution in [0.2, 0.25) is 0 Å². The molecule has 2 aliphatic rings. The quantitative estimate of drug-likeness (QED) is 0.803. The maximum Gasteiger partial charge on any atom is 0.255 e. The van der Waals surface area contributed by atoms with E-state index in [2.05, 4.69) is 15.3 Å². The summed E-state index contributed by atoms with van der Waals surface area (Å²) in [5, 5.41) is 2.86. The second-order valence-corrected chi connectivity index (χ2v) is 8.21. The molecule has 29 heavy (non-hydrogen) atoms. The molecule has 1 fully saturated rings. The molecule has 0 radical (unpaired) electrons. The Morgan fingerprint density at radius 2 is 2.07 bits per heavy atom. The van der Waals surface area contributed by atoms with Crippen LogP contribution in [0.25, 0.3) is 0 Å². The molecule has 2 heterocycles. The van der Waals surface area contributed by atoms with Crippen LogP contribution in [-0.4, -0.2) is 32.7 Å². The average molecular weight is 393 g/mol. The molecule has 0 bridgehead atoms. The summed E-state index contributed by atoms with van der Waals surface area (Å²) in [4.78, 5) is 36.2. The number of carbonyl (C=O) groups excluding carboxylic acids is 2. The van der Waals surface area contributed by atoms with Crippen molar-refractivity contribution in [2.75, 3.05) is 5.32 Å². The number of carbonyl (C=O) groups is 2. The van der Waals surface area contributed by atoms with Gasteiger partial charge >= 0.3 is 0 Å². The van der Waals surface area contributed by atoms with E-state index in [1.807, 2.05) is 25.1 Å². The van der Waals surface area contributed by atoms with Crippen molar-refractivity contribution < 1.29 is 9.59 Å². The number of aromatic nitrogens is 2. The molecule has 0 spiro atoms. The molecule has 1 atom stereocenters. The zero-order valence-electron chi connectivity index (χ0n) is 16.9. The number of nitrogens with zero attached hydrogens (tertiary/aromatic N) is 3. The topological polar surface area (TPSA) is 75.2 Å². The number of rotatable bonds is 6. The van der Waals surface area contributed by atoms with Gasteiger partial charge in [-0.25, -0.2) is 4.98 Å². The highest BCUT2D eigenvalue weighted by molar-refractivity contribution is 6.03. The van der Waals surface area contributed by atoms with Crippen molar-refractivity contribution in [3.63, 3.8) is 0 Å². The van der Waals surface area contributed by atoms with Gasteiger partial charge in [-0.1, -0.05) is 44.2 Å². The molecule has 1 aliphatic carbocycles. The first-order chi connectivity index (χ1) is 14.1. The number of hydrogen-bond donors (Lipinski definition) is 1. The third-order valence-corrected chi connectivity index (χ3v) is 6.30. The van der Waals surface area contributed by atoms with Gasteiger partial charge in [-0.3, -0.25) is 14.6 Å². The highest BCUT2D eigenvalue weighted by Gasteiger charge is 2.37. The van der Waals surface area contributed by atoms with Gasteiger partial charge in [0.05, 0.1) is 6.20 Å². The summed E-state index contributed by atoms with van der Waals surface area (Å²) >= 11 is 0. The summed E-state index contributed by atoms with van der Waals surface area (Å²) in [5.41, 5.74) is 2.85. The Bertz CT molecular complexity index is 878. The molecule has 2 aromatic rings. The van der Waals surface area contributed by atoms with Crippen LogP contribution in [0, 0.1) is 12.8 Å². The van der Waals surface area contributed by atoms with Gasteiger partial charge in [0.25, 0.3) is 5.91 Å². The lowest BCUT2D eigenvalue weighted by atomic mass is 9.85. The molecule has 4 rings (SSSR count). The van der Waals surface area contributed by atoms with Gasteiger partial charge in [-0.05, 0) is 42.9 Å². The summed E-state index contributed by atoms with van der Waals surface area (Å²) in [6.45, 7) is 2.51. The van der Waals surface area contributed by atoms with Gasteiger partial charge in [0.2, 0.25) is 5.91 Å². The maximum atomic E-state index is 13.2. The lowest BCUT2D eigenvalue weighted by molar-refractivity contribution is -0.121. The minimum atomic E-state index is -0.502. The van der Waals surface area contributed by atoms with Crippen LogP contribution in [0.3, 0.4) is 0 Å². The predicted octanol–water partition coefficient (Wildman–Crippen LogP) is 4.11. The van der Waals surface area contributed by atoms with Crippen LogP contribution < -0.4 is 5.32 Å². The molecule has 1 aliphatic heterocycles. The summed E-state index contributed by atoms with van der Waals surface area (Å²) in [6.07, 6.45) is 12.6. The van der Waals surface area contributed by atoms with Crippen LogP contribution in [-0.2, 0) is 11.3 Å². The van der Waals surface area contributed by atoms with Gasteiger partial charge in [-0.2, -0.15) is 0 Å². The highest BCUT2D eigenvalue weighted by atomic mass is 16.2. The number of fused-ring (bicyclic) bond motifs is 1. The van der Waals surface area contributed by atoms with E-state index in [9.17, 15) is 9.59 Å². The third-order valence-electron chi connectivity index (χ3n) is 6.30. The van der Waals surface area contributed by atoms with Crippen molar-refractivity contribution in [2.45, 2.75) is 64.5 Å². The monoisotopic (exact) mass is 392 g/mol. The normalized spacial score (nSPS) is 17.8. The third kappa shape index (κ3) is 4.31. The zero-order valence-corrected chi connectivity index (χ0v) is 16.9. The van der Waals surface area contributed by atoms with Crippen LogP contribution >= 0.6 is 0 Å². The number of anilines is 1. The summed E-state index contributed by atoms with van der Waals surface area (Å²) < 4.78 is 0. The standard InChI is InChI=1S/C23H28N4O2/c1-16-6-5-9-18-19(16)15-27(23(18)29)20(11-10-17-7-3-2-4-8-17)22(28)26-21-14-24-12-13-25-21/h5-6,9,12-14,17,20H,2-4,7-8,10-11,15H2,1H3,(H,25,26,28). The van der Waals surface area contributed by atoms with E-state index in [1.165, 1.54) is 38.3 Å². The van der Waals surface area contributed by atoms with Gasteiger partial charge in [-0.15, -0.1) is 0 Å². The second-order valence-electron chi connectivity index (χ2n) is 8.21. The van der Waals surface area contributed by atoms with Crippen LogP contribution in [0.4, 0.5) is 5.82 Å². The average Bonchev–Trinajstić information content (AvgIpc) is 3.08. The van der Waals surface area contributed by atoms with Gasteiger partial charge < -0.3 is 10.2 Å². The Balaban J connectivity index is 1.53. The first-order valence-electron chi connectivity index (χ1n) is 10.6. The Labute approximate surface area is 171 Å². The molecule has 1 aromatic heterocycles. The van der Waals surface area contributed by atoms with Crippen LogP contribution in [0.15, 0.2) is 36.8 Å². The van der Waals surface area contributed by atoms with E-state index in [1.54, 1.807) is 17.3 Å². The molecule has 1 unspecified atom stereocenters. The molecule has 6 nitrogen and oxygen atoms in total. The SMILES string of the molecule is Cc1cccc2c1CN(C(CCC1CCCCC1)C(=O)Nc1cnccn1)C2=O. The fourth-order valence-corrected chi connectivity index (χ4v) is 4.63. The van der Waals surface area contributed by atoms with Gasteiger partial charge in [0.1, 0.15) is 6.04 Å². The van der Waals surface area contributed by atoms with Crippen molar-refractivity contribution in [1.82, 2.24) is 14.9 Å². The van der Waals surface area contributed by atoms with Gasteiger partial charge in [0.15, 0.2) is 5.82 Å². The Hall–Kier alpha value is -2.76. The largest absolute Gasteiger partial charge is 0.322 e. The molecule has 152 valence electrons. The van der Waals surface area contributed by atoms with Crippen LogP contribution in [0.5, 0.6) is 0 Å². The molecular weight excluding hydrogens is 364 g/mol.